The number of halogens is 1. The van der Waals surface area contributed by atoms with Crippen molar-refractivity contribution in [2.75, 3.05) is 0 Å². The zero-order valence-corrected chi connectivity index (χ0v) is 8.12. The molecule has 13 heavy (non-hydrogen) atoms. The van der Waals surface area contributed by atoms with E-state index < -0.39 is 5.56 Å². The zero-order chi connectivity index (χ0) is 9.22. The summed E-state index contributed by atoms with van der Waals surface area (Å²) in [7, 11) is 0. The number of carbonyl (C=O) groups is 1. The minimum atomic E-state index is -0.405. The van der Waals surface area contributed by atoms with Crippen molar-refractivity contribution >= 4 is 17.6 Å². The van der Waals surface area contributed by atoms with Crippen LogP contribution in [-0.2, 0) is 9.53 Å². The minimum Gasteiger partial charge on any atom is -0.445 e. The molecule has 2 bridgehead atoms. The Morgan fingerprint density at radius 3 is 3.08 bits per heavy atom. The molecule has 1 aliphatic heterocycles. The maximum absolute atomic E-state index is 11.6. The third-order valence-electron chi connectivity index (χ3n) is 3.98. The number of cyclic esters (lactones) is 1. The van der Waals surface area contributed by atoms with Gasteiger partial charge in [-0.2, -0.15) is 0 Å². The van der Waals surface area contributed by atoms with E-state index in [1.165, 1.54) is 0 Å². The van der Waals surface area contributed by atoms with Gasteiger partial charge >= 0.3 is 5.97 Å². The van der Waals surface area contributed by atoms with Crippen molar-refractivity contribution in [3.8, 4) is 0 Å². The average molecular weight is 199 g/mol. The molecule has 1 saturated heterocycles. The molecule has 2 fully saturated rings. The first kappa shape index (κ1) is 7.86. The fourth-order valence-corrected chi connectivity index (χ4v) is 3.72. The van der Waals surface area contributed by atoms with Gasteiger partial charge in [-0.1, -0.05) is 23.8 Å². The second kappa shape index (κ2) is 2.11. The van der Waals surface area contributed by atoms with Crippen molar-refractivity contribution < 1.29 is 9.53 Å². The molecule has 0 spiro atoms. The van der Waals surface area contributed by atoms with Gasteiger partial charge in [-0.05, 0) is 25.2 Å². The van der Waals surface area contributed by atoms with E-state index >= 15 is 0 Å². The number of hydrogen-bond donors (Lipinski definition) is 0. The first-order valence-corrected chi connectivity index (χ1v) is 5.11. The lowest BCUT2D eigenvalue weighted by Gasteiger charge is -2.27. The Labute approximate surface area is 81.9 Å². The summed E-state index contributed by atoms with van der Waals surface area (Å²) in [4.78, 5) is 11.6. The number of carbonyl (C=O) groups excluding carboxylic acids is 1. The fraction of sp³-hybridized carbons (Fsp3) is 0.700. The third-order valence-corrected chi connectivity index (χ3v) is 4.34. The minimum absolute atomic E-state index is 0.102. The molecule has 0 aromatic carbocycles. The van der Waals surface area contributed by atoms with Gasteiger partial charge in [0.15, 0.2) is 5.56 Å². The predicted molar refractivity (Wildman–Crippen MR) is 48.1 cm³/mol. The molecule has 3 heteroatoms. The Hall–Kier alpha value is -0.500. The number of fused-ring (bicyclic) bond motifs is 5. The van der Waals surface area contributed by atoms with Crippen LogP contribution in [-0.4, -0.2) is 11.5 Å². The third kappa shape index (κ3) is 0.700. The van der Waals surface area contributed by atoms with Crippen LogP contribution in [0.25, 0.3) is 0 Å². The Kier molecular flexibility index (Phi) is 1.28. The van der Waals surface area contributed by atoms with Crippen LogP contribution in [0.15, 0.2) is 12.2 Å². The fourth-order valence-electron chi connectivity index (χ4n) is 3.19. The smallest absolute Gasteiger partial charge is 0.314 e. The number of alkyl halides is 1. The molecular formula is C10H11ClO2. The van der Waals surface area contributed by atoms with Crippen molar-refractivity contribution in [2.45, 2.75) is 18.9 Å². The van der Waals surface area contributed by atoms with Gasteiger partial charge in [-0.25, -0.2) is 0 Å². The maximum Gasteiger partial charge on any atom is 0.314 e. The molecule has 0 radical (unpaired) electrons. The Morgan fingerprint density at radius 2 is 2.38 bits per heavy atom. The first-order chi connectivity index (χ1) is 6.14. The zero-order valence-electron chi connectivity index (χ0n) is 7.37. The highest BCUT2D eigenvalue weighted by molar-refractivity contribution is 6.21. The van der Waals surface area contributed by atoms with Gasteiger partial charge in [0.05, 0.1) is 5.41 Å². The standard InChI is InChI=1S/C10H11ClO2/c1-10-6-3-2-5(4-6)7(10)8(11)13-9(10)12/h2-3,5-8H,4H2,1H3/t5-,6+,7+,8-,10+/m0/s1. The highest BCUT2D eigenvalue weighted by Gasteiger charge is 2.65. The van der Waals surface area contributed by atoms with Gasteiger partial charge in [0.2, 0.25) is 0 Å². The summed E-state index contributed by atoms with van der Waals surface area (Å²) < 4.78 is 5.10. The molecule has 70 valence electrons. The van der Waals surface area contributed by atoms with Crippen molar-refractivity contribution in [1.29, 1.82) is 0 Å². The molecule has 0 aromatic heterocycles. The van der Waals surface area contributed by atoms with Crippen LogP contribution in [0.2, 0.25) is 0 Å². The highest BCUT2D eigenvalue weighted by Crippen LogP contribution is 2.61. The van der Waals surface area contributed by atoms with Crippen LogP contribution < -0.4 is 0 Å². The second-order valence-corrected chi connectivity index (χ2v) is 4.89. The van der Waals surface area contributed by atoms with E-state index in [1.54, 1.807) is 0 Å². The van der Waals surface area contributed by atoms with Gasteiger partial charge in [0, 0.05) is 5.92 Å². The monoisotopic (exact) mass is 198 g/mol. The Morgan fingerprint density at radius 1 is 1.62 bits per heavy atom. The van der Waals surface area contributed by atoms with Crippen LogP contribution >= 0.6 is 11.6 Å². The van der Waals surface area contributed by atoms with Crippen molar-refractivity contribution in [2.24, 2.45) is 23.2 Å². The normalized spacial score (nSPS) is 56.9. The van der Waals surface area contributed by atoms with Crippen molar-refractivity contribution in [1.82, 2.24) is 0 Å². The quantitative estimate of drug-likeness (QED) is 0.338. The van der Waals surface area contributed by atoms with Crippen LogP contribution in [0, 0.1) is 23.2 Å². The van der Waals surface area contributed by atoms with E-state index in [0.29, 0.717) is 11.8 Å². The van der Waals surface area contributed by atoms with E-state index in [0.717, 1.165) is 6.42 Å². The van der Waals surface area contributed by atoms with E-state index in [2.05, 4.69) is 12.2 Å². The van der Waals surface area contributed by atoms with Crippen LogP contribution in [0.5, 0.6) is 0 Å². The van der Waals surface area contributed by atoms with E-state index in [9.17, 15) is 4.79 Å². The molecule has 2 nitrogen and oxygen atoms in total. The lowest BCUT2D eigenvalue weighted by molar-refractivity contribution is -0.147. The molecule has 0 amide bonds. The van der Waals surface area contributed by atoms with Crippen LogP contribution in [0.3, 0.4) is 0 Å². The highest BCUT2D eigenvalue weighted by atomic mass is 35.5. The molecule has 5 atom stereocenters. The number of esters is 1. The van der Waals surface area contributed by atoms with E-state index in [1.807, 2.05) is 6.92 Å². The van der Waals surface area contributed by atoms with Crippen molar-refractivity contribution in [3.63, 3.8) is 0 Å². The summed E-state index contributed by atoms with van der Waals surface area (Å²) in [6.07, 6.45) is 5.42. The predicted octanol–water partition coefficient (Wildman–Crippen LogP) is 1.94. The summed E-state index contributed by atoms with van der Waals surface area (Å²) in [6, 6.07) is 0. The molecule has 0 unspecified atom stereocenters. The van der Waals surface area contributed by atoms with Gasteiger partial charge in [-0.15, -0.1) is 0 Å². The van der Waals surface area contributed by atoms with Crippen LogP contribution in [0.1, 0.15) is 13.3 Å². The largest absolute Gasteiger partial charge is 0.445 e. The first-order valence-electron chi connectivity index (χ1n) is 4.67. The lowest BCUT2D eigenvalue weighted by Crippen LogP contribution is -2.34. The number of ether oxygens (including phenoxy) is 1. The molecule has 1 heterocycles. The topological polar surface area (TPSA) is 26.3 Å². The van der Waals surface area contributed by atoms with E-state index in [4.69, 9.17) is 16.3 Å². The lowest BCUT2D eigenvalue weighted by atomic mass is 9.72. The molecule has 0 N–H and O–H groups in total. The molecule has 3 rings (SSSR count). The van der Waals surface area contributed by atoms with Crippen molar-refractivity contribution in [3.05, 3.63) is 12.2 Å². The number of allylic oxidation sites excluding steroid dienone is 2. The summed E-state index contributed by atoms with van der Waals surface area (Å²) in [5.41, 5.74) is -0.733. The SMILES string of the molecule is C[C@]12C(=O)O[C@H](Cl)[C@H]1[C@H]1C=C[C@@H]2C1. The number of hydrogen-bond acceptors (Lipinski definition) is 2. The molecular weight excluding hydrogens is 188 g/mol. The van der Waals surface area contributed by atoms with Gasteiger partial charge in [0.25, 0.3) is 0 Å². The summed E-state index contributed by atoms with van der Waals surface area (Å²) >= 11 is 6.01. The van der Waals surface area contributed by atoms with Gasteiger partial charge in [0.1, 0.15) is 0 Å². The average Bonchev–Trinajstić information content (AvgIpc) is 2.66. The van der Waals surface area contributed by atoms with Crippen LogP contribution in [0.4, 0.5) is 0 Å². The molecule has 2 aliphatic carbocycles. The summed E-state index contributed by atoms with van der Waals surface area (Å²) in [6.45, 7) is 2.00. The summed E-state index contributed by atoms with van der Waals surface area (Å²) in [5, 5.41) is 0. The second-order valence-electron chi connectivity index (χ2n) is 4.46. The molecule has 3 aliphatic rings. The maximum atomic E-state index is 11.6. The molecule has 0 aromatic rings. The van der Waals surface area contributed by atoms with Gasteiger partial charge < -0.3 is 4.74 Å². The Balaban J connectivity index is 2.12. The summed E-state index contributed by atoms with van der Waals surface area (Å²) in [5.74, 6) is 0.925. The van der Waals surface area contributed by atoms with Gasteiger partial charge in [-0.3, -0.25) is 4.79 Å². The Bertz CT molecular complexity index is 312. The van der Waals surface area contributed by atoms with E-state index in [-0.39, 0.29) is 17.3 Å². The number of rotatable bonds is 0. The molecule has 1 saturated carbocycles.